The molecule has 2 N–H and O–H groups in total. The van der Waals surface area contributed by atoms with Crippen LogP contribution in [0.15, 0.2) is 43.1 Å². The van der Waals surface area contributed by atoms with Crippen LogP contribution in [-0.2, 0) is 12.7 Å². The summed E-state index contributed by atoms with van der Waals surface area (Å²) in [5.41, 5.74) is 2.21. The number of aromatic amines is 1. The number of aliphatic hydroxyl groups is 1. The van der Waals surface area contributed by atoms with Gasteiger partial charge in [0.15, 0.2) is 0 Å². The van der Waals surface area contributed by atoms with E-state index in [1.165, 1.54) is 0 Å². The molecule has 0 spiro atoms. The molecule has 10 nitrogen and oxygen atoms in total. The summed E-state index contributed by atoms with van der Waals surface area (Å²) in [6.45, 7) is 2.76. The third kappa shape index (κ3) is 5.85. The molecule has 228 valence electrons. The molecule has 2 aliphatic heterocycles. The predicted molar refractivity (Wildman–Crippen MR) is 152 cm³/mol. The molecule has 0 radical (unpaired) electrons. The fourth-order valence-electron chi connectivity index (χ4n) is 6.77. The molecular weight excluding hydrogens is 561 g/mol. The van der Waals surface area contributed by atoms with Crippen LogP contribution in [0.1, 0.15) is 55.8 Å². The minimum Gasteiger partial charge on any atom is -0.474 e. The smallest absolute Gasteiger partial charge is 0.433 e. The highest BCUT2D eigenvalue weighted by Gasteiger charge is 2.38. The highest BCUT2D eigenvalue weighted by Crippen LogP contribution is 2.38. The van der Waals surface area contributed by atoms with Crippen LogP contribution < -0.4 is 4.74 Å². The maximum absolute atomic E-state index is 13.7. The lowest BCUT2D eigenvalue weighted by atomic mass is 9.84. The fourth-order valence-corrected chi connectivity index (χ4v) is 6.77. The predicted octanol–water partition coefficient (Wildman–Crippen LogP) is 4.44. The van der Waals surface area contributed by atoms with Crippen molar-refractivity contribution in [2.45, 2.75) is 75.5 Å². The van der Waals surface area contributed by atoms with Crippen LogP contribution in [0.2, 0.25) is 0 Å². The van der Waals surface area contributed by atoms with E-state index in [9.17, 15) is 18.3 Å². The number of halogens is 3. The van der Waals surface area contributed by atoms with E-state index in [-0.39, 0.29) is 24.6 Å². The van der Waals surface area contributed by atoms with E-state index < -0.39 is 11.9 Å². The Morgan fingerprint density at radius 1 is 1.05 bits per heavy atom. The maximum Gasteiger partial charge on any atom is 0.433 e. The molecule has 3 aliphatic rings. The van der Waals surface area contributed by atoms with Gasteiger partial charge in [0, 0.05) is 61.1 Å². The van der Waals surface area contributed by atoms with E-state index in [1.807, 2.05) is 28.0 Å². The summed E-state index contributed by atoms with van der Waals surface area (Å²) >= 11 is 0. The molecule has 0 bridgehead atoms. The molecule has 4 aromatic heterocycles. The van der Waals surface area contributed by atoms with Gasteiger partial charge in [0.2, 0.25) is 5.88 Å². The molecular formula is C30H35F3N8O2. The van der Waals surface area contributed by atoms with Crippen LogP contribution in [0.5, 0.6) is 5.88 Å². The van der Waals surface area contributed by atoms with Crippen molar-refractivity contribution in [2.75, 3.05) is 26.2 Å². The minimum absolute atomic E-state index is 0.00425. The number of pyridine rings is 1. The number of H-pyrrole nitrogens is 1. The van der Waals surface area contributed by atoms with Gasteiger partial charge in [-0.25, -0.2) is 15.0 Å². The standard InChI is InChI=1S/C30H35F3N8O2/c31-30(32,33)26-10-19(15-40-7-1-2-21(40)17-42)11-27(38-26)43-24-4-8-39(9-5-24)22-12-23(13-22)41-16-20(14-37-41)28-25-3-6-34-29(25)36-18-35-28/h3,6,10-11,14,16,18,21-24,42H,1-2,4-5,7-9,12-13,15,17H2,(H,34,35,36)/t21-,22?,23?/m1/s1. The number of piperidine rings is 1. The average molecular weight is 597 g/mol. The van der Waals surface area contributed by atoms with E-state index in [4.69, 9.17) is 4.74 Å². The van der Waals surface area contributed by atoms with Gasteiger partial charge >= 0.3 is 6.18 Å². The molecule has 1 aliphatic carbocycles. The van der Waals surface area contributed by atoms with Crippen LogP contribution in [-0.4, -0.2) is 89.1 Å². The van der Waals surface area contributed by atoms with E-state index in [0.717, 1.165) is 86.5 Å². The van der Waals surface area contributed by atoms with E-state index in [2.05, 4.69) is 36.1 Å². The first kappa shape index (κ1) is 28.2. The Bertz CT molecular complexity index is 1560. The first-order chi connectivity index (χ1) is 20.8. The summed E-state index contributed by atoms with van der Waals surface area (Å²) in [4.78, 5) is 20.2. The van der Waals surface area contributed by atoms with Gasteiger partial charge in [-0.3, -0.25) is 14.5 Å². The molecule has 1 saturated carbocycles. The van der Waals surface area contributed by atoms with Crippen molar-refractivity contribution in [3.8, 4) is 17.1 Å². The zero-order valence-corrected chi connectivity index (χ0v) is 23.7. The Balaban J connectivity index is 0.938. The average Bonchev–Trinajstić information content (AvgIpc) is 3.74. The number of aromatic nitrogens is 6. The molecule has 43 heavy (non-hydrogen) atoms. The number of fused-ring (bicyclic) bond motifs is 1. The SMILES string of the molecule is OC[C@H]1CCCN1Cc1cc(OC2CCN(C3CC(n4cc(-c5ncnc6[nH]ccc56)cn4)C3)CC2)nc(C(F)(F)F)c1. The summed E-state index contributed by atoms with van der Waals surface area (Å²) in [6.07, 6.45) is 7.83. The second kappa shape index (κ2) is 11.5. The third-order valence-electron chi connectivity index (χ3n) is 9.22. The fraction of sp³-hybridized carbons (Fsp3) is 0.533. The lowest BCUT2D eigenvalue weighted by molar-refractivity contribution is -0.141. The summed E-state index contributed by atoms with van der Waals surface area (Å²) in [5.74, 6) is 0.0295. The van der Waals surface area contributed by atoms with Crippen molar-refractivity contribution >= 4 is 11.0 Å². The van der Waals surface area contributed by atoms with Gasteiger partial charge in [-0.05, 0) is 62.8 Å². The van der Waals surface area contributed by atoms with Gasteiger partial charge < -0.3 is 14.8 Å². The second-order valence-corrected chi connectivity index (χ2v) is 11.9. The van der Waals surface area contributed by atoms with Gasteiger partial charge in [0.05, 0.1) is 24.5 Å². The van der Waals surface area contributed by atoms with Gasteiger partial charge in [0.25, 0.3) is 0 Å². The quantitative estimate of drug-likeness (QED) is 0.308. The lowest BCUT2D eigenvalue weighted by Crippen LogP contribution is -2.50. The van der Waals surface area contributed by atoms with Crippen molar-refractivity contribution in [3.63, 3.8) is 0 Å². The molecule has 13 heteroatoms. The van der Waals surface area contributed by atoms with E-state index >= 15 is 0 Å². The first-order valence-corrected chi connectivity index (χ1v) is 15.0. The normalized spacial score (nSPS) is 24.0. The number of nitrogens with zero attached hydrogens (tertiary/aromatic N) is 7. The zero-order chi connectivity index (χ0) is 29.6. The molecule has 7 rings (SSSR count). The number of ether oxygens (including phenoxy) is 1. The highest BCUT2D eigenvalue weighted by atomic mass is 19.4. The summed E-state index contributed by atoms with van der Waals surface area (Å²) in [5, 5.41) is 15.2. The summed E-state index contributed by atoms with van der Waals surface area (Å²) < 4.78 is 49.1. The van der Waals surface area contributed by atoms with Gasteiger partial charge in [-0.2, -0.15) is 18.3 Å². The lowest BCUT2D eigenvalue weighted by Gasteiger charge is -2.45. The van der Waals surface area contributed by atoms with Crippen molar-refractivity contribution in [1.82, 2.24) is 39.5 Å². The first-order valence-electron chi connectivity index (χ1n) is 15.0. The number of alkyl halides is 3. The number of hydrogen-bond donors (Lipinski definition) is 2. The van der Waals surface area contributed by atoms with Crippen molar-refractivity contribution < 1.29 is 23.0 Å². The Hall–Kier alpha value is -3.55. The number of rotatable bonds is 8. The Kier molecular flexibility index (Phi) is 7.56. The Morgan fingerprint density at radius 2 is 1.88 bits per heavy atom. The molecule has 2 saturated heterocycles. The maximum atomic E-state index is 13.7. The number of hydrogen-bond acceptors (Lipinski definition) is 8. The van der Waals surface area contributed by atoms with E-state index in [1.54, 1.807) is 12.4 Å². The second-order valence-electron chi connectivity index (χ2n) is 11.9. The van der Waals surface area contributed by atoms with Crippen LogP contribution in [0.25, 0.3) is 22.3 Å². The van der Waals surface area contributed by atoms with Crippen molar-refractivity contribution in [1.29, 1.82) is 0 Å². The molecule has 3 fully saturated rings. The van der Waals surface area contributed by atoms with Gasteiger partial charge in [-0.1, -0.05) is 0 Å². The Labute approximate surface area is 246 Å². The molecule has 0 unspecified atom stereocenters. The van der Waals surface area contributed by atoms with Gasteiger partial charge in [-0.15, -0.1) is 0 Å². The summed E-state index contributed by atoms with van der Waals surface area (Å²) in [7, 11) is 0. The molecule has 6 heterocycles. The zero-order valence-electron chi connectivity index (χ0n) is 23.7. The summed E-state index contributed by atoms with van der Waals surface area (Å²) in [6, 6.07) is 5.46. The molecule has 4 aromatic rings. The number of likely N-dealkylation sites (tertiary alicyclic amines) is 2. The number of nitrogens with one attached hydrogen (secondary N) is 1. The van der Waals surface area contributed by atoms with E-state index in [0.29, 0.717) is 24.2 Å². The van der Waals surface area contributed by atoms with Crippen molar-refractivity contribution in [3.05, 3.63) is 54.4 Å². The monoisotopic (exact) mass is 596 g/mol. The largest absolute Gasteiger partial charge is 0.474 e. The van der Waals surface area contributed by atoms with Crippen LogP contribution in [0.4, 0.5) is 13.2 Å². The van der Waals surface area contributed by atoms with Crippen molar-refractivity contribution in [2.24, 2.45) is 0 Å². The molecule has 0 aromatic carbocycles. The Morgan fingerprint density at radius 3 is 2.67 bits per heavy atom. The highest BCUT2D eigenvalue weighted by molar-refractivity contribution is 5.89. The molecule has 1 atom stereocenters. The van der Waals surface area contributed by atoms with Gasteiger partial charge in [0.1, 0.15) is 23.8 Å². The molecule has 0 amide bonds. The topological polar surface area (TPSA) is 108 Å². The van der Waals surface area contributed by atoms with Crippen LogP contribution in [0, 0.1) is 0 Å². The van der Waals surface area contributed by atoms with Crippen LogP contribution in [0.3, 0.4) is 0 Å². The third-order valence-corrected chi connectivity index (χ3v) is 9.22. The van der Waals surface area contributed by atoms with Crippen LogP contribution >= 0.6 is 0 Å². The minimum atomic E-state index is -4.56. The number of aliphatic hydroxyl groups excluding tert-OH is 1.